The second-order valence-corrected chi connectivity index (χ2v) is 4.23. The van der Waals surface area contributed by atoms with Gasteiger partial charge in [0.15, 0.2) is 0 Å². The van der Waals surface area contributed by atoms with Gasteiger partial charge < -0.3 is 5.32 Å². The van der Waals surface area contributed by atoms with E-state index in [-0.39, 0.29) is 6.54 Å². The highest BCUT2D eigenvalue weighted by molar-refractivity contribution is 5.45. The van der Waals surface area contributed by atoms with E-state index < -0.39 is 17.1 Å². The van der Waals surface area contributed by atoms with Gasteiger partial charge in [0.1, 0.15) is 0 Å². The Balaban J connectivity index is 2.02. The SMILES string of the molecule is Cc1cccc(NCCn2cc(F)c(=O)[nH]c2=O)c1. The zero-order chi connectivity index (χ0) is 13.8. The van der Waals surface area contributed by atoms with Crippen LogP contribution in [0, 0.1) is 12.7 Å². The molecule has 5 nitrogen and oxygen atoms in total. The molecule has 0 fully saturated rings. The largest absolute Gasteiger partial charge is 0.383 e. The van der Waals surface area contributed by atoms with Crippen LogP contribution in [0.25, 0.3) is 0 Å². The fourth-order valence-corrected chi connectivity index (χ4v) is 1.72. The van der Waals surface area contributed by atoms with E-state index in [9.17, 15) is 14.0 Å². The van der Waals surface area contributed by atoms with E-state index in [2.05, 4.69) is 5.32 Å². The van der Waals surface area contributed by atoms with Crippen LogP contribution in [-0.4, -0.2) is 16.1 Å². The molecule has 2 N–H and O–H groups in total. The Morgan fingerprint density at radius 3 is 2.89 bits per heavy atom. The predicted molar refractivity (Wildman–Crippen MR) is 70.9 cm³/mol. The van der Waals surface area contributed by atoms with Crippen molar-refractivity contribution in [2.45, 2.75) is 13.5 Å². The summed E-state index contributed by atoms with van der Waals surface area (Å²) in [5, 5.41) is 3.12. The first-order valence-electron chi connectivity index (χ1n) is 5.86. The third-order valence-corrected chi connectivity index (χ3v) is 2.67. The first-order valence-corrected chi connectivity index (χ1v) is 5.86. The van der Waals surface area contributed by atoms with Crippen LogP contribution in [0.3, 0.4) is 0 Å². The number of anilines is 1. The minimum absolute atomic E-state index is 0.264. The molecule has 2 aromatic rings. The highest BCUT2D eigenvalue weighted by Gasteiger charge is 2.03. The lowest BCUT2D eigenvalue weighted by molar-refractivity contribution is 0.556. The summed E-state index contributed by atoms with van der Waals surface area (Å²) in [5.41, 5.74) is 0.445. The Morgan fingerprint density at radius 2 is 2.16 bits per heavy atom. The summed E-state index contributed by atoms with van der Waals surface area (Å²) in [6.07, 6.45) is 0.916. The molecule has 0 spiro atoms. The van der Waals surface area contributed by atoms with E-state index in [1.165, 1.54) is 0 Å². The van der Waals surface area contributed by atoms with Crippen molar-refractivity contribution >= 4 is 5.69 Å². The summed E-state index contributed by atoms with van der Waals surface area (Å²) in [5.74, 6) is -0.963. The lowest BCUT2D eigenvalue weighted by Crippen LogP contribution is -2.32. The number of nitrogens with zero attached hydrogens (tertiary/aromatic N) is 1. The quantitative estimate of drug-likeness (QED) is 0.868. The lowest BCUT2D eigenvalue weighted by Gasteiger charge is -2.08. The molecule has 0 bridgehead atoms. The summed E-state index contributed by atoms with van der Waals surface area (Å²) in [6.45, 7) is 2.70. The van der Waals surface area contributed by atoms with Gasteiger partial charge in [0, 0.05) is 18.8 Å². The van der Waals surface area contributed by atoms with Gasteiger partial charge in [0.25, 0.3) is 5.56 Å². The number of rotatable bonds is 4. The van der Waals surface area contributed by atoms with E-state index in [1.807, 2.05) is 36.2 Å². The van der Waals surface area contributed by atoms with Crippen molar-refractivity contribution in [2.24, 2.45) is 0 Å². The molecule has 1 aromatic heterocycles. The molecule has 0 atom stereocenters. The fourth-order valence-electron chi connectivity index (χ4n) is 1.72. The molecule has 0 saturated carbocycles. The third-order valence-electron chi connectivity index (χ3n) is 2.67. The van der Waals surface area contributed by atoms with Gasteiger partial charge in [-0.1, -0.05) is 12.1 Å². The van der Waals surface area contributed by atoms with Crippen LogP contribution in [0.4, 0.5) is 10.1 Å². The number of aryl methyl sites for hydroxylation is 1. The van der Waals surface area contributed by atoms with Gasteiger partial charge in [-0.3, -0.25) is 14.3 Å². The molecule has 2 rings (SSSR count). The van der Waals surface area contributed by atoms with Crippen LogP contribution in [0.15, 0.2) is 40.1 Å². The highest BCUT2D eigenvalue weighted by Crippen LogP contribution is 2.08. The highest BCUT2D eigenvalue weighted by atomic mass is 19.1. The zero-order valence-electron chi connectivity index (χ0n) is 10.4. The van der Waals surface area contributed by atoms with Crippen molar-refractivity contribution in [3.8, 4) is 0 Å². The summed E-state index contributed by atoms with van der Waals surface area (Å²) >= 11 is 0. The zero-order valence-corrected chi connectivity index (χ0v) is 10.4. The van der Waals surface area contributed by atoms with Gasteiger partial charge in [-0.25, -0.2) is 4.79 Å². The number of hydrogen-bond donors (Lipinski definition) is 2. The van der Waals surface area contributed by atoms with Crippen LogP contribution < -0.4 is 16.6 Å². The predicted octanol–water partition coefficient (Wildman–Crippen LogP) is 1.10. The molecule has 19 heavy (non-hydrogen) atoms. The monoisotopic (exact) mass is 263 g/mol. The molecular formula is C13H14FN3O2. The summed E-state index contributed by atoms with van der Waals surface area (Å²) in [6, 6.07) is 7.77. The van der Waals surface area contributed by atoms with Gasteiger partial charge in [0.2, 0.25) is 5.82 Å². The molecule has 100 valence electrons. The number of aromatic nitrogens is 2. The minimum Gasteiger partial charge on any atom is -0.383 e. The number of H-pyrrole nitrogens is 1. The van der Waals surface area contributed by atoms with Crippen molar-refractivity contribution < 1.29 is 4.39 Å². The molecule has 0 aliphatic rings. The molecule has 1 aromatic carbocycles. The van der Waals surface area contributed by atoms with Crippen LogP contribution >= 0.6 is 0 Å². The Bertz CT molecular complexity index is 691. The molecule has 0 saturated heterocycles. The Kier molecular flexibility index (Phi) is 3.79. The smallest absolute Gasteiger partial charge is 0.328 e. The van der Waals surface area contributed by atoms with Crippen molar-refractivity contribution in [3.05, 3.63) is 62.7 Å². The van der Waals surface area contributed by atoms with Crippen molar-refractivity contribution in [3.63, 3.8) is 0 Å². The molecule has 0 amide bonds. The normalized spacial score (nSPS) is 10.4. The van der Waals surface area contributed by atoms with Crippen LogP contribution in [0.2, 0.25) is 0 Å². The van der Waals surface area contributed by atoms with Crippen molar-refractivity contribution in [1.82, 2.24) is 9.55 Å². The Morgan fingerprint density at radius 1 is 1.37 bits per heavy atom. The second-order valence-electron chi connectivity index (χ2n) is 4.23. The van der Waals surface area contributed by atoms with Gasteiger partial charge >= 0.3 is 5.69 Å². The second kappa shape index (κ2) is 5.51. The van der Waals surface area contributed by atoms with E-state index >= 15 is 0 Å². The number of halogens is 1. The fraction of sp³-hybridized carbons (Fsp3) is 0.231. The number of aromatic amines is 1. The molecule has 0 aliphatic carbocycles. The Hall–Kier alpha value is -2.37. The minimum atomic E-state index is -0.993. The average Bonchev–Trinajstić information content (AvgIpc) is 2.35. The molecule has 0 radical (unpaired) electrons. The maximum Gasteiger partial charge on any atom is 0.328 e. The van der Waals surface area contributed by atoms with Gasteiger partial charge in [-0.05, 0) is 24.6 Å². The first-order chi connectivity index (χ1) is 9.06. The average molecular weight is 263 g/mol. The van der Waals surface area contributed by atoms with E-state index in [1.54, 1.807) is 0 Å². The lowest BCUT2D eigenvalue weighted by atomic mass is 10.2. The van der Waals surface area contributed by atoms with Gasteiger partial charge in [-0.2, -0.15) is 4.39 Å². The number of hydrogen-bond acceptors (Lipinski definition) is 3. The Labute approximate surface area is 108 Å². The van der Waals surface area contributed by atoms with Crippen LogP contribution in [0.1, 0.15) is 5.56 Å². The standard InChI is InChI=1S/C13H14FN3O2/c1-9-3-2-4-10(7-9)15-5-6-17-8-11(14)12(18)16-13(17)19/h2-4,7-8,15H,5-6H2,1H3,(H,16,18,19). The third kappa shape index (κ3) is 3.31. The van der Waals surface area contributed by atoms with E-state index in [4.69, 9.17) is 0 Å². The van der Waals surface area contributed by atoms with Crippen molar-refractivity contribution in [1.29, 1.82) is 0 Å². The first kappa shape index (κ1) is 13.1. The van der Waals surface area contributed by atoms with Crippen LogP contribution in [0.5, 0.6) is 0 Å². The number of nitrogens with one attached hydrogen (secondary N) is 2. The van der Waals surface area contributed by atoms with Crippen molar-refractivity contribution in [2.75, 3.05) is 11.9 Å². The molecular weight excluding hydrogens is 249 g/mol. The number of benzene rings is 1. The summed E-state index contributed by atoms with van der Waals surface area (Å²) in [7, 11) is 0. The molecule has 6 heteroatoms. The topological polar surface area (TPSA) is 66.9 Å². The van der Waals surface area contributed by atoms with Crippen LogP contribution in [-0.2, 0) is 6.54 Å². The maximum atomic E-state index is 13.0. The van der Waals surface area contributed by atoms with E-state index in [0.717, 1.165) is 22.0 Å². The molecule has 0 aliphatic heterocycles. The summed E-state index contributed by atoms with van der Waals surface area (Å²) in [4.78, 5) is 24.2. The molecule has 0 unspecified atom stereocenters. The van der Waals surface area contributed by atoms with Gasteiger partial charge in [-0.15, -0.1) is 0 Å². The van der Waals surface area contributed by atoms with E-state index in [0.29, 0.717) is 6.54 Å². The van der Waals surface area contributed by atoms with Gasteiger partial charge in [0.05, 0.1) is 6.20 Å². The molecule has 1 heterocycles. The summed E-state index contributed by atoms with van der Waals surface area (Å²) < 4.78 is 14.2. The maximum absolute atomic E-state index is 13.0.